The Kier molecular flexibility index (Phi) is 2.86. The Hall–Kier alpha value is -1.50. The molecule has 0 aliphatic heterocycles. The number of carboxylic acids is 1. The van der Waals surface area contributed by atoms with Crippen LogP contribution in [-0.2, 0) is 4.79 Å². The van der Waals surface area contributed by atoms with Crippen LogP contribution in [0.1, 0.15) is 11.1 Å². The van der Waals surface area contributed by atoms with Crippen molar-refractivity contribution < 1.29 is 20.1 Å². The van der Waals surface area contributed by atoms with E-state index in [2.05, 4.69) is 4.98 Å². The standard InChI is InChI=1S/C10H9NO4S/c12-7(8(13)10(14)15)9-11-5-3-1-2-4-6(5)16-9/h1-4,7-8,12-13H,(H,14,15)/t7-,8-/m1/s1. The summed E-state index contributed by atoms with van der Waals surface area (Å²) in [6.45, 7) is 0. The van der Waals surface area contributed by atoms with Gasteiger partial charge in [-0.05, 0) is 12.1 Å². The van der Waals surface area contributed by atoms with Gasteiger partial charge in [0.15, 0.2) is 6.10 Å². The van der Waals surface area contributed by atoms with Gasteiger partial charge in [-0.3, -0.25) is 0 Å². The van der Waals surface area contributed by atoms with Gasteiger partial charge >= 0.3 is 5.97 Å². The fourth-order valence-electron chi connectivity index (χ4n) is 1.29. The zero-order chi connectivity index (χ0) is 11.7. The first-order valence-corrected chi connectivity index (χ1v) is 5.35. The number of aliphatic hydroxyl groups is 2. The molecule has 0 unspecified atom stereocenters. The fourth-order valence-corrected chi connectivity index (χ4v) is 2.27. The number of aromatic nitrogens is 1. The summed E-state index contributed by atoms with van der Waals surface area (Å²) in [5.41, 5.74) is 0.680. The summed E-state index contributed by atoms with van der Waals surface area (Å²) in [7, 11) is 0. The Morgan fingerprint density at radius 3 is 2.62 bits per heavy atom. The number of hydrogen-bond donors (Lipinski definition) is 3. The second kappa shape index (κ2) is 4.17. The number of thiazole rings is 1. The van der Waals surface area contributed by atoms with Gasteiger partial charge in [0, 0.05) is 0 Å². The molecule has 0 aliphatic rings. The number of rotatable bonds is 3. The van der Waals surface area contributed by atoms with Crippen molar-refractivity contribution in [2.75, 3.05) is 0 Å². The largest absolute Gasteiger partial charge is 0.479 e. The molecule has 6 heteroatoms. The first-order valence-electron chi connectivity index (χ1n) is 4.54. The summed E-state index contributed by atoms with van der Waals surface area (Å²) < 4.78 is 0.842. The molecule has 3 N–H and O–H groups in total. The minimum Gasteiger partial charge on any atom is -0.479 e. The van der Waals surface area contributed by atoms with E-state index in [1.165, 1.54) is 11.3 Å². The topological polar surface area (TPSA) is 90.7 Å². The van der Waals surface area contributed by atoms with Gasteiger partial charge in [0.25, 0.3) is 0 Å². The lowest BCUT2D eigenvalue weighted by Gasteiger charge is -2.10. The molecule has 5 nitrogen and oxygen atoms in total. The number of benzene rings is 1. The van der Waals surface area contributed by atoms with Gasteiger partial charge in [0.05, 0.1) is 10.2 Å². The number of nitrogens with zero attached hydrogens (tertiary/aromatic N) is 1. The highest BCUT2D eigenvalue weighted by Gasteiger charge is 2.27. The Labute approximate surface area is 94.6 Å². The van der Waals surface area contributed by atoms with Crippen LogP contribution in [-0.4, -0.2) is 32.4 Å². The number of hydrogen-bond acceptors (Lipinski definition) is 5. The molecule has 1 aromatic carbocycles. The molecule has 0 radical (unpaired) electrons. The number of carbonyl (C=O) groups is 1. The van der Waals surface area contributed by atoms with E-state index in [0.29, 0.717) is 5.52 Å². The molecule has 0 aliphatic carbocycles. The lowest BCUT2D eigenvalue weighted by Crippen LogP contribution is -2.27. The van der Waals surface area contributed by atoms with Crippen molar-refractivity contribution in [3.8, 4) is 0 Å². The van der Waals surface area contributed by atoms with E-state index in [-0.39, 0.29) is 5.01 Å². The van der Waals surface area contributed by atoms with Crippen molar-refractivity contribution in [1.29, 1.82) is 0 Å². The highest BCUT2D eigenvalue weighted by Crippen LogP contribution is 2.27. The Morgan fingerprint density at radius 1 is 1.31 bits per heavy atom. The zero-order valence-corrected chi connectivity index (χ0v) is 8.89. The van der Waals surface area contributed by atoms with Gasteiger partial charge < -0.3 is 15.3 Å². The Morgan fingerprint density at radius 2 is 2.00 bits per heavy atom. The lowest BCUT2D eigenvalue weighted by atomic mass is 10.2. The zero-order valence-electron chi connectivity index (χ0n) is 8.07. The minimum atomic E-state index is -1.85. The normalized spacial score (nSPS) is 14.9. The molecule has 1 heterocycles. The molecule has 1 aromatic heterocycles. The van der Waals surface area contributed by atoms with E-state index in [4.69, 9.17) is 5.11 Å². The monoisotopic (exact) mass is 239 g/mol. The average Bonchev–Trinajstić information content (AvgIpc) is 2.70. The molecule has 0 bridgehead atoms. The van der Waals surface area contributed by atoms with Crippen molar-refractivity contribution in [2.24, 2.45) is 0 Å². The summed E-state index contributed by atoms with van der Waals surface area (Å²) in [6, 6.07) is 7.20. The van der Waals surface area contributed by atoms with Crippen LogP contribution in [0.25, 0.3) is 10.2 Å². The van der Waals surface area contributed by atoms with Gasteiger partial charge in [-0.2, -0.15) is 0 Å². The SMILES string of the molecule is O=C(O)[C@H](O)[C@@H](O)c1nc2ccccc2s1. The highest BCUT2D eigenvalue weighted by atomic mass is 32.1. The Balaban J connectivity index is 2.36. The van der Waals surface area contributed by atoms with Crippen LogP contribution in [0.15, 0.2) is 24.3 Å². The molecule has 0 saturated heterocycles. The maximum atomic E-state index is 10.5. The molecule has 0 spiro atoms. The van der Waals surface area contributed by atoms with E-state index in [1.54, 1.807) is 12.1 Å². The molecule has 2 aromatic rings. The van der Waals surface area contributed by atoms with Crippen molar-refractivity contribution in [3.05, 3.63) is 29.3 Å². The van der Waals surface area contributed by atoms with Gasteiger partial charge in [-0.15, -0.1) is 11.3 Å². The van der Waals surface area contributed by atoms with Gasteiger partial charge in [-0.25, -0.2) is 9.78 Å². The molecule has 0 fully saturated rings. The highest BCUT2D eigenvalue weighted by molar-refractivity contribution is 7.18. The predicted molar refractivity (Wildman–Crippen MR) is 58.2 cm³/mol. The van der Waals surface area contributed by atoms with E-state index in [0.717, 1.165) is 4.70 Å². The van der Waals surface area contributed by atoms with Gasteiger partial charge in [0.2, 0.25) is 0 Å². The van der Waals surface area contributed by atoms with Gasteiger partial charge in [0.1, 0.15) is 11.1 Å². The van der Waals surface area contributed by atoms with Crippen LogP contribution >= 0.6 is 11.3 Å². The molecular formula is C10H9NO4S. The first kappa shape index (κ1) is 11.0. The molecule has 0 amide bonds. The van der Waals surface area contributed by atoms with Crippen LogP contribution < -0.4 is 0 Å². The second-order valence-electron chi connectivity index (χ2n) is 3.25. The van der Waals surface area contributed by atoms with Gasteiger partial charge in [-0.1, -0.05) is 12.1 Å². The van der Waals surface area contributed by atoms with E-state index >= 15 is 0 Å². The number of fused-ring (bicyclic) bond motifs is 1. The molecule has 84 valence electrons. The summed E-state index contributed by atoms with van der Waals surface area (Å²) in [6.07, 6.45) is -3.34. The van der Waals surface area contributed by atoms with E-state index in [1.807, 2.05) is 12.1 Å². The van der Waals surface area contributed by atoms with Crippen LogP contribution in [0, 0.1) is 0 Å². The number of aliphatic hydroxyl groups excluding tert-OH is 2. The van der Waals surface area contributed by atoms with Crippen LogP contribution in [0.2, 0.25) is 0 Å². The number of para-hydroxylation sites is 1. The lowest BCUT2D eigenvalue weighted by molar-refractivity contribution is -0.153. The minimum absolute atomic E-state index is 0.205. The summed E-state index contributed by atoms with van der Waals surface area (Å²) in [5.74, 6) is -1.47. The molecule has 2 rings (SSSR count). The van der Waals surface area contributed by atoms with Crippen molar-refractivity contribution in [2.45, 2.75) is 12.2 Å². The quantitative estimate of drug-likeness (QED) is 0.736. The predicted octanol–water partition coefficient (Wildman–Crippen LogP) is 0.775. The van der Waals surface area contributed by atoms with Crippen LogP contribution in [0.5, 0.6) is 0 Å². The van der Waals surface area contributed by atoms with E-state index < -0.39 is 18.2 Å². The fraction of sp³-hybridized carbons (Fsp3) is 0.200. The molecular weight excluding hydrogens is 230 g/mol. The summed E-state index contributed by atoms with van der Waals surface area (Å²) in [5, 5.41) is 27.5. The molecule has 2 atom stereocenters. The third kappa shape index (κ3) is 1.90. The maximum absolute atomic E-state index is 10.5. The van der Waals surface area contributed by atoms with Crippen molar-refractivity contribution in [3.63, 3.8) is 0 Å². The third-order valence-corrected chi connectivity index (χ3v) is 3.22. The second-order valence-corrected chi connectivity index (χ2v) is 4.31. The van der Waals surface area contributed by atoms with E-state index in [9.17, 15) is 15.0 Å². The smallest absolute Gasteiger partial charge is 0.335 e. The van der Waals surface area contributed by atoms with Crippen molar-refractivity contribution >= 4 is 27.5 Å². The first-order chi connectivity index (χ1) is 7.59. The number of carboxylic acid groups (broad SMARTS) is 1. The summed E-state index contributed by atoms with van der Waals surface area (Å²) in [4.78, 5) is 14.6. The molecule has 16 heavy (non-hydrogen) atoms. The third-order valence-electron chi connectivity index (χ3n) is 2.12. The van der Waals surface area contributed by atoms with Crippen LogP contribution in [0.4, 0.5) is 0 Å². The maximum Gasteiger partial charge on any atom is 0.335 e. The number of aliphatic carboxylic acids is 1. The Bertz CT molecular complexity index is 491. The summed E-state index contributed by atoms with van der Waals surface area (Å²) >= 11 is 1.17. The average molecular weight is 239 g/mol. The molecule has 0 saturated carbocycles. The van der Waals surface area contributed by atoms with Crippen LogP contribution in [0.3, 0.4) is 0 Å². The van der Waals surface area contributed by atoms with Crippen molar-refractivity contribution in [1.82, 2.24) is 4.98 Å².